The molecule has 0 unspecified atom stereocenters. The van der Waals surface area contributed by atoms with Gasteiger partial charge in [0.2, 0.25) is 5.95 Å². The van der Waals surface area contributed by atoms with E-state index in [0.29, 0.717) is 5.69 Å². The van der Waals surface area contributed by atoms with Gasteiger partial charge in [0.1, 0.15) is 5.69 Å². The van der Waals surface area contributed by atoms with Gasteiger partial charge in [-0.25, -0.2) is 5.43 Å². The first-order chi connectivity index (χ1) is 9.16. The number of anilines is 1. The van der Waals surface area contributed by atoms with Crippen LogP contribution in [0.15, 0.2) is 40.2 Å². The number of hydrazone groups is 1. The van der Waals surface area contributed by atoms with Gasteiger partial charge in [0.15, 0.2) is 0 Å². The van der Waals surface area contributed by atoms with E-state index in [9.17, 15) is 4.79 Å². The van der Waals surface area contributed by atoms with Crippen LogP contribution in [-0.2, 0) is 0 Å². The molecule has 2 N–H and O–H groups in total. The number of nitrogens with zero attached hydrogens (tertiary/aromatic N) is 3. The van der Waals surface area contributed by atoms with Crippen molar-refractivity contribution < 1.29 is 0 Å². The Morgan fingerprint density at radius 1 is 1.32 bits per heavy atom. The SMILES string of the molecule is Cc1nnc(N/N=C\[C@@H](C)c2ccccc2)[nH]c1=O. The Labute approximate surface area is 110 Å². The topological polar surface area (TPSA) is 83.0 Å². The molecule has 1 atom stereocenters. The van der Waals surface area contributed by atoms with E-state index in [1.54, 1.807) is 13.1 Å². The smallest absolute Gasteiger partial charge is 0.274 e. The number of hydrogen-bond donors (Lipinski definition) is 2. The van der Waals surface area contributed by atoms with E-state index in [1.807, 2.05) is 37.3 Å². The lowest BCUT2D eigenvalue weighted by Gasteiger charge is -2.05. The van der Waals surface area contributed by atoms with Crippen molar-refractivity contribution in [2.45, 2.75) is 19.8 Å². The molecule has 0 radical (unpaired) electrons. The summed E-state index contributed by atoms with van der Waals surface area (Å²) in [6.45, 7) is 3.63. The maximum absolute atomic E-state index is 11.3. The monoisotopic (exact) mass is 257 g/mol. The zero-order valence-electron chi connectivity index (χ0n) is 10.8. The van der Waals surface area contributed by atoms with Crippen molar-refractivity contribution in [3.05, 3.63) is 51.9 Å². The van der Waals surface area contributed by atoms with Gasteiger partial charge >= 0.3 is 0 Å². The number of aromatic nitrogens is 3. The van der Waals surface area contributed by atoms with Crippen molar-refractivity contribution in [1.29, 1.82) is 0 Å². The zero-order chi connectivity index (χ0) is 13.7. The second-order valence-electron chi connectivity index (χ2n) is 4.18. The third-order valence-corrected chi connectivity index (χ3v) is 2.65. The number of aromatic amines is 1. The third-order valence-electron chi connectivity index (χ3n) is 2.65. The van der Waals surface area contributed by atoms with Crippen LogP contribution in [0.2, 0.25) is 0 Å². The number of aryl methyl sites for hydroxylation is 1. The largest absolute Gasteiger partial charge is 0.288 e. The molecule has 0 saturated carbocycles. The van der Waals surface area contributed by atoms with Crippen LogP contribution in [-0.4, -0.2) is 21.4 Å². The molecule has 0 spiro atoms. The van der Waals surface area contributed by atoms with E-state index < -0.39 is 0 Å². The highest BCUT2D eigenvalue weighted by Gasteiger charge is 2.01. The lowest BCUT2D eigenvalue weighted by atomic mass is 10.0. The van der Waals surface area contributed by atoms with Crippen LogP contribution < -0.4 is 11.0 Å². The van der Waals surface area contributed by atoms with Crippen LogP contribution in [0.4, 0.5) is 5.95 Å². The van der Waals surface area contributed by atoms with Gasteiger partial charge in [-0.3, -0.25) is 9.78 Å². The molecular weight excluding hydrogens is 242 g/mol. The molecule has 0 aliphatic rings. The molecule has 0 amide bonds. The molecule has 2 rings (SSSR count). The van der Waals surface area contributed by atoms with Gasteiger partial charge in [-0.05, 0) is 12.5 Å². The fourth-order valence-corrected chi connectivity index (χ4v) is 1.50. The summed E-state index contributed by atoms with van der Waals surface area (Å²) in [6, 6.07) is 10.00. The normalized spacial score (nSPS) is 12.5. The van der Waals surface area contributed by atoms with Crippen molar-refractivity contribution in [3.8, 4) is 0 Å². The van der Waals surface area contributed by atoms with Gasteiger partial charge < -0.3 is 0 Å². The third kappa shape index (κ3) is 3.48. The van der Waals surface area contributed by atoms with Crippen LogP contribution in [0.1, 0.15) is 24.1 Å². The minimum atomic E-state index is -0.274. The number of rotatable bonds is 4. The van der Waals surface area contributed by atoms with Crippen molar-refractivity contribution >= 4 is 12.2 Å². The minimum absolute atomic E-state index is 0.166. The van der Waals surface area contributed by atoms with Crippen molar-refractivity contribution in [2.24, 2.45) is 5.10 Å². The first-order valence-corrected chi connectivity index (χ1v) is 5.94. The Kier molecular flexibility index (Phi) is 4.02. The molecular formula is C13H15N5O. The average Bonchev–Trinajstić information content (AvgIpc) is 2.43. The van der Waals surface area contributed by atoms with Crippen LogP contribution in [0, 0.1) is 6.92 Å². The lowest BCUT2D eigenvalue weighted by Crippen LogP contribution is -2.15. The van der Waals surface area contributed by atoms with Gasteiger partial charge in [0.05, 0.1) is 0 Å². The number of benzene rings is 1. The molecule has 1 heterocycles. The van der Waals surface area contributed by atoms with E-state index in [4.69, 9.17) is 0 Å². The van der Waals surface area contributed by atoms with E-state index in [0.717, 1.165) is 5.56 Å². The van der Waals surface area contributed by atoms with Gasteiger partial charge in [0, 0.05) is 12.1 Å². The maximum Gasteiger partial charge on any atom is 0.274 e. The maximum atomic E-state index is 11.3. The Morgan fingerprint density at radius 2 is 2.05 bits per heavy atom. The molecule has 1 aromatic carbocycles. The molecule has 19 heavy (non-hydrogen) atoms. The van der Waals surface area contributed by atoms with Crippen LogP contribution >= 0.6 is 0 Å². The predicted octanol–water partition coefficient (Wildman–Crippen LogP) is 1.67. The van der Waals surface area contributed by atoms with Crippen LogP contribution in [0.5, 0.6) is 0 Å². The number of hydrogen-bond acceptors (Lipinski definition) is 5. The van der Waals surface area contributed by atoms with Crippen LogP contribution in [0.25, 0.3) is 0 Å². The van der Waals surface area contributed by atoms with Gasteiger partial charge in [-0.1, -0.05) is 37.3 Å². The summed E-state index contributed by atoms with van der Waals surface area (Å²) < 4.78 is 0. The standard InChI is InChI=1S/C13H15N5O/c1-9(11-6-4-3-5-7-11)8-14-17-13-15-12(19)10(2)16-18-13/h3-9H,1-2H3,(H2,15,17,18,19)/b14-8-/t9-/m1/s1. The van der Waals surface area contributed by atoms with E-state index in [-0.39, 0.29) is 17.4 Å². The van der Waals surface area contributed by atoms with Crippen molar-refractivity contribution in [2.75, 3.05) is 5.43 Å². The summed E-state index contributed by atoms with van der Waals surface area (Å²) in [4.78, 5) is 13.8. The molecule has 2 aromatic rings. The summed E-state index contributed by atoms with van der Waals surface area (Å²) in [6.07, 6.45) is 1.75. The van der Waals surface area contributed by atoms with Crippen molar-refractivity contribution in [3.63, 3.8) is 0 Å². The highest BCUT2D eigenvalue weighted by atomic mass is 16.1. The molecule has 0 aliphatic carbocycles. The molecule has 1 aromatic heterocycles. The fraction of sp³-hybridized carbons (Fsp3) is 0.231. The molecule has 0 fully saturated rings. The quantitative estimate of drug-likeness (QED) is 0.644. The van der Waals surface area contributed by atoms with Crippen molar-refractivity contribution in [1.82, 2.24) is 15.2 Å². The Morgan fingerprint density at radius 3 is 2.74 bits per heavy atom. The minimum Gasteiger partial charge on any atom is -0.288 e. The Balaban J connectivity index is 2.00. The second kappa shape index (κ2) is 5.90. The second-order valence-corrected chi connectivity index (χ2v) is 4.18. The molecule has 0 aliphatic heterocycles. The molecule has 6 nitrogen and oxygen atoms in total. The van der Waals surface area contributed by atoms with E-state index in [2.05, 4.69) is 25.7 Å². The summed E-state index contributed by atoms with van der Waals surface area (Å²) in [7, 11) is 0. The first kappa shape index (κ1) is 12.9. The Bertz CT molecular complexity index is 620. The Hall–Kier alpha value is -2.50. The predicted molar refractivity (Wildman–Crippen MR) is 74.4 cm³/mol. The summed E-state index contributed by atoms with van der Waals surface area (Å²) in [5, 5.41) is 11.5. The van der Waals surface area contributed by atoms with Gasteiger partial charge in [-0.15, -0.1) is 10.2 Å². The van der Waals surface area contributed by atoms with Gasteiger partial charge in [-0.2, -0.15) is 5.10 Å². The fourth-order valence-electron chi connectivity index (χ4n) is 1.50. The highest BCUT2D eigenvalue weighted by Crippen LogP contribution is 2.11. The molecule has 98 valence electrons. The summed E-state index contributed by atoms with van der Waals surface area (Å²) >= 11 is 0. The van der Waals surface area contributed by atoms with Gasteiger partial charge in [0.25, 0.3) is 5.56 Å². The summed E-state index contributed by atoms with van der Waals surface area (Å²) in [5.41, 5.74) is 3.87. The molecule has 6 heteroatoms. The average molecular weight is 257 g/mol. The van der Waals surface area contributed by atoms with Crippen LogP contribution in [0.3, 0.4) is 0 Å². The zero-order valence-corrected chi connectivity index (χ0v) is 10.8. The molecule has 0 saturated heterocycles. The van der Waals surface area contributed by atoms with E-state index >= 15 is 0 Å². The number of nitrogens with one attached hydrogen (secondary N) is 2. The number of H-pyrrole nitrogens is 1. The summed E-state index contributed by atoms with van der Waals surface area (Å²) in [5.74, 6) is 0.394. The lowest BCUT2D eigenvalue weighted by molar-refractivity contribution is 0.896. The van der Waals surface area contributed by atoms with E-state index in [1.165, 1.54) is 0 Å². The first-order valence-electron chi connectivity index (χ1n) is 5.94. The highest BCUT2D eigenvalue weighted by molar-refractivity contribution is 5.67. The molecule has 0 bridgehead atoms.